The lowest BCUT2D eigenvalue weighted by Crippen LogP contribution is -2.21. The number of ether oxygens (including phenoxy) is 3. The Bertz CT molecular complexity index is 456. The second-order valence-electron chi connectivity index (χ2n) is 4.09. The van der Waals surface area contributed by atoms with E-state index < -0.39 is 12.2 Å². The minimum atomic E-state index is -0.574. The molecule has 17 heavy (non-hydrogen) atoms. The van der Waals surface area contributed by atoms with E-state index in [4.69, 9.17) is 14.2 Å². The standard InChI is InChI=1S/C12H12O5/c13-9-6-16-11-5-7(1-2-8(9)11)17-10-3-4-15-12(10)14/h1-2,5,9-10,13H,3-4,6H2. The number of hydrogen-bond donors (Lipinski definition) is 1. The molecule has 0 spiro atoms. The Labute approximate surface area is 97.9 Å². The monoisotopic (exact) mass is 236 g/mol. The molecule has 0 saturated carbocycles. The fourth-order valence-electron chi connectivity index (χ4n) is 2.00. The molecule has 0 aromatic heterocycles. The van der Waals surface area contributed by atoms with E-state index in [0.29, 0.717) is 24.5 Å². The van der Waals surface area contributed by atoms with E-state index in [1.165, 1.54) is 0 Å². The topological polar surface area (TPSA) is 65.0 Å². The maximum Gasteiger partial charge on any atom is 0.347 e. The van der Waals surface area contributed by atoms with Crippen molar-refractivity contribution in [1.82, 2.24) is 0 Å². The van der Waals surface area contributed by atoms with Crippen molar-refractivity contribution in [3.63, 3.8) is 0 Å². The van der Waals surface area contributed by atoms with Gasteiger partial charge in [0, 0.05) is 18.1 Å². The van der Waals surface area contributed by atoms with Gasteiger partial charge >= 0.3 is 5.97 Å². The molecule has 0 bridgehead atoms. The number of fused-ring (bicyclic) bond motifs is 1. The van der Waals surface area contributed by atoms with Crippen LogP contribution >= 0.6 is 0 Å². The van der Waals surface area contributed by atoms with Gasteiger partial charge in [-0.3, -0.25) is 0 Å². The first-order valence-corrected chi connectivity index (χ1v) is 5.52. The van der Waals surface area contributed by atoms with Crippen LogP contribution in [0, 0.1) is 0 Å². The first-order valence-electron chi connectivity index (χ1n) is 5.52. The van der Waals surface area contributed by atoms with Gasteiger partial charge in [-0.1, -0.05) is 0 Å². The van der Waals surface area contributed by atoms with Gasteiger partial charge in [-0.05, 0) is 12.1 Å². The predicted octanol–water partition coefficient (Wildman–Crippen LogP) is 0.807. The molecule has 5 heteroatoms. The molecule has 1 aromatic rings. The minimum absolute atomic E-state index is 0.268. The van der Waals surface area contributed by atoms with Gasteiger partial charge in [0.1, 0.15) is 24.2 Å². The molecule has 90 valence electrons. The lowest BCUT2D eigenvalue weighted by Gasteiger charge is -2.10. The first-order chi connectivity index (χ1) is 8.24. The number of carbonyl (C=O) groups excluding carboxylic acids is 1. The summed E-state index contributed by atoms with van der Waals surface area (Å²) in [5.74, 6) is 0.842. The molecule has 5 nitrogen and oxygen atoms in total. The average molecular weight is 236 g/mol. The van der Waals surface area contributed by atoms with Crippen LogP contribution in [0.25, 0.3) is 0 Å². The van der Waals surface area contributed by atoms with Crippen LogP contribution in [-0.2, 0) is 9.53 Å². The maximum absolute atomic E-state index is 11.2. The molecule has 2 aliphatic rings. The van der Waals surface area contributed by atoms with Gasteiger partial charge in [0.25, 0.3) is 0 Å². The molecule has 2 aliphatic heterocycles. The largest absolute Gasteiger partial charge is 0.490 e. The quantitative estimate of drug-likeness (QED) is 0.770. The van der Waals surface area contributed by atoms with Crippen molar-refractivity contribution in [2.75, 3.05) is 13.2 Å². The molecule has 2 heterocycles. The van der Waals surface area contributed by atoms with Gasteiger partial charge in [0.2, 0.25) is 0 Å². The number of aliphatic hydroxyl groups excluding tert-OH is 1. The van der Waals surface area contributed by atoms with Crippen molar-refractivity contribution in [3.8, 4) is 11.5 Å². The Balaban J connectivity index is 1.78. The summed E-state index contributed by atoms with van der Waals surface area (Å²) >= 11 is 0. The zero-order chi connectivity index (χ0) is 11.8. The average Bonchev–Trinajstić information content (AvgIpc) is 2.87. The first kappa shape index (κ1) is 10.4. The Hall–Kier alpha value is -1.75. The summed E-state index contributed by atoms with van der Waals surface area (Å²) in [7, 11) is 0. The van der Waals surface area contributed by atoms with Crippen LogP contribution in [0.2, 0.25) is 0 Å². The highest BCUT2D eigenvalue weighted by Crippen LogP contribution is 2.35. The number of cyclic esters (lactones) is 1. The van der Waals surface area contributed by atoms with Crippen LogP contribution in [0.1, 0.15) is 18.1 Å². The van der Waals surface area contributed by atoms with E-state index in [9.17, 15) is 9.90 Å². The highest BCUT2D eigenvalue weighted by atomic mass is 16.6. The zero-order valence-corrected chi connectivity index (χ0v) is 9.09. The number of benzene rings is 1. The summed E-state index contributed by atoms with van der Waals surface area (Å²) < 4.78 is 15.6. The summed E-state index contributed by atoms with van der Waals surface area (Å²) in [5.41, 5.74) is 0.756. The lowest BCUT2D eigenvalue weighted by molar-refractivity contribution is -0.143. The smallest absolute Gasteiger partial charge is 0.347 e. The Kier molecular flexibility index (Phi) is 2.40. The number of rotatable bonds is 2. The zero-order valence-electron chi connectivity index (χ0n) is 9.09. The van der Waals surface area contributed by atoms with Crippen molar-refractivity contribution in [1.29, 1.82) is 0 Å². The number of carbonyl (C=O) groups is 1. The van der Waals surface area contributed by atoms with Crippen molar-refractivity contribution in [2.45, 2.75) is 18.6 Å². The molecule has 1 N–H and O–H groups in total. The molecule has 3 rings (SSSR count). The van der Waals surface area contributed by atoms with Gasteiger partial charge in [-0.15, -0.1) is 0 Å². The van der Waals surface area contributed by atoms with Crippen LogP contribution in [-0.4, -0.2) is 30.4 Å². The van der Waals surface area contributed by atoms with E-state index in [-0.39, 0.29) is 12.6 Å². The highest BCUT2D eigenvalue weighted by Gasteiger charge is 2.29. The summed E-state index contributed by atoms with van der Waals surface area (Å²) in [6, 6.07) is 5.17. The SMILES string of the molecule is O=C1OCCC1Oc1ccc2c(c1)OCC2O. The Morgan fingerprint density at radius 2 is 2.24 bits per heavy atom. The van der Waals surface area contributed by atoms with E-state index in [2.05, 4.69) is 0 Å². The van der Waals surface area contributed by atoms with Gasteiger partial charge in [0.15, 0.2) is 6.10 Å². The normalized spacial score (nSPS) is 26.3. The fraction of sp³-hybridized carbons (Fsp3) is 0.417. The molecular formula is C12H12O5. The van der Waals surface area contributed by atoms with Crippen LogP contribution in [0.4, 0.5) is 0 Å². The number of esters is 1. The fourth-order valence-corrected chi connectivity index (χ4v) is 2.00. The van der Waals surface area contributed by atoms with E-state index in [1.807, 2.05) is 0 Å². The van der Waals surface area contributed by atoms with Gasteiger partial charge < -0.3 is 19.3 Å². The molecule has 0 radical (unpaired) electrons. The van der Waals surface area contributed by atoms with Crippen LogP contribution in [0.3, 0.4) is 0 Å². The molecule has 1 fully saturated rings. The van der Waals surface area contributed by atoms with Gasteiger partial charge in [0.05, 0.1) is 6.61 Å². The van der Waals surface area contributed by atoms with Crippen LogP contribution < -0.4 is 9.47 Å². The van der Waals surface area contributed by atoms with E-state index in [1.54, 1.807) is 18.2 Å². The molecular weight excluding hydrogens is 224 g/mol. The molecule has 2 atom stereocenters. The second-order valence-corrected chi connectivity index (χ2v) is 4.09. The highest BCUT2D eigenvalue weighted by molar-refractivity contribution is 5.76. The Morgan fingerprint density at radius 3 is 3.00 bits per heavy atom. The van der Waals surface area contributed by atoms with Crippen LogP contribution in [0.15, 0.2) is 18.2 Å². The summed E-state index contributed by atoms with van der Waals surface area (Å²) in [5, 5.41) is 9.56. The van der Waals surface area contributed by atoms with Crippen molar-refractivity contribution < 1.29 is 24.1 Å². The van der Waals surface area contributed by atoms with E-state index >= 15 is 0 Å². The maximum atomic E-state index is 11.2. The summed E-state index contributed by atoms with van der Waals surface area (Å²) in [4.78, 5) is 11.2. The summed E-state index contributed by atoms with van der Waals surface area (Å²) in [6.45, 7) is 0.675. The molecule has 0 aliphatic carbocycles. The van der Waals surface area contributed by atoms with Gasteiger partial charge in [-0.2, -0.15) is 0 Å². The lowest BCUT2D eigenvalue weighted by atomic mass is 10.1. The predicted molar refractivity (Wildman–Crippen MR) is 56.9 cm³/mol. The van der Waals surface area contributed by atoms with Crippen molar-refractivity contribution >= 4 is 5.97 Å². The molecule has 2 unspecified atom stereocenters. The van der Waals surface area contributed by atoms with Crippen molar-refractivity contribution in [3.05, 3.63) is 23.8 Å². The number of hydrogen-bond acceptors (Lipinski definition) is 5. The minimum Gasteiger partial charge on any atom is -0.490 e. The third-order valence-corrected chi connectivity index (χ3v) is 2.91. The van der Waals surface area contributed by atoms with Crippen LogP contribution in [0.5, 0.6) is 11.5 Å². The molecule has 0 amide bonds. The molecule has 1 aromatic carbocycles. The molecule has 1 saturated heterocycles. The third kappa shape index (κ3) is 1.82. The van der Waals surface area contributed by atoms with Crippen molar-refractivity contribution in [2.24, 2.45) is 0 Å². The van der Waals surface area contributed by atoms with Gasteiger partial charge in [-0.25, -0.2) is 4.79 Å². The number of aliphatic hydroxyl groups is 1. The van der Waals surface area contributed by atoms with E-state index in [0.717, 1.165) is 5.56 Å². The third-order valence-electron chi connectivity index (χ3n) is 2.91. The Morgan fingerprint density at radius 1 is 1.35 bits per heavy atom. The summed E-state index contributed by atoms with van der Waals surface area (Å²) in [6.07, 6.45) is -0.533. The second kappa shape index (κ2) is 3.92.